The molecule has 0 aliphatic heterocycles. The highest BCUT2D eigenvalue weighted by molar-refractivity contribution is 6.32. The number of rotatable bonds is 8. The Morgan fingerprint density at radius 2 is 2.00 bits per heavy atom. The minimum atomic E-state index is -1.27. The molecular formula is C22H19ClN4O5. The first-order valence-electron chi connectivity index (χ1n) is 9.47. The Kier molecular flexibility index (Phi) is 7.04. The van der Waals surface area contributed by atoms with Gasteiger partial charge in [-0.2, -0.15) is 0 Å². The summed E-state index contributed by atoms with van der Waals surface area (Å²) in [6, 6.07) is 10.8. The summed E-state index contributed by atoms with van der Waals surface area (Å²) >= 11 is 6.30. The number of aromatic hydroxyl groups is 1. The van der Waals surface area contributed by atoms with E-state index >= 15 is 0 Å². The van der Waals surface area contributed by atoms with Crippen LogP contribution in [0.4, 0.5) is 5.69 Å². The topological polar surface area (TPSA) is 138 Å². The molecule has 2 aromatic carbocycles. The van der Waals surface area contributed by atoms with E-state index < -0.39 is 5.97 Å². The highest BCUT2D eigenvalue weighted by atomic mass is 35.5. The number of benzene rings is 2. The lowest BCUT2D eigenvalue weighted by Crippen LogP contribution is -2.07. The molecule has 0 amide bonds. The fourth-order valence-corrected chi connectivity index (χ4v) is 3.08. The lowest BCUT2D eigenvalue weighted by Gasteiger charge is -2.13. The predicted octanol–water partition coefficient (Wildman–Crippen LogP) is 6.11. The highest BCUT2D eigenvalue weighted by Crippen LogP contribution is 2.32. The second-order valence-electron chi connectivity index (χ2n) is 7.03. The number of halogens is 1. The van der Waals surface area contributed by atoms with Gasteiger partial charge in [0, 0.05) is 22.4 Å². The average molecular weight is 455 g/mol. The van der Waals surface area contributed by atoms with Crippen LogP contribution in [0.1, 0.15) is 29.8 Å². The van der Waals surface area contributed by atoms with Gasteiger partial charge in [0.2, 0.25) is 5.88 Å². The Morgan fingerprint density at radius 3 is 2.66 bits per heavy atom. The van der Waals surface area contributed by atoms with E-state index in [4.69, 9.17) is 31.7 Å². The zero-order valence-corrected chi connectivity index (χ0v) is 17.9. The van der Waals surface area contributed by atoms with Gasteiger partial charge in [-0.05, 0) is 73.0 Å². The molecule has 0 radical (unpaired) electrons. The molecule has 164 valence electrons. The summed E-state index contributed by atoms with van der Waals surface area (Å²) in [5.41, 5.74) is 11.0. The van der Waals surface area contributed by atoms with Crippen molar-refractivity contribution in [3.8, 4) is 28.5 Å². The summed E-state index contributed by atoms with van der Waals surface area (Å²) in [6.45, 7) is 3.80. The number of hydrogen-bond donors (Lipinski definition) is 2. The summed E-state index contributed by atoms with van der Waals surface area (Å²) in [4.78, 5) is 18.3. The van der Waals surface area contributed by atoms with E-state index in [1.807, 2.05) is 19.9 Å². The maximum atomic E-state index is 11.2. The van der Waals surface area contributed by atoms with Gasteiger partial charge < -0.3 is 19.7 Å². The predicted molar refractivity (Wildman–Crippen MR) is 119 cm³/mol. The van der Waals surface area contributed by atoms with Crippen molar-refractivity contribution in [1.82, 2.24) is 4.98 Å². The first-order valence-corrected chi connectivity index (χ1v) is 9.85. The van der Waals surface area contributed by atoms with Crippen molar-refractivity contribution in [1.29, 1.82) is 0 Å². The van der Waals surface area contributed by atoms with Crippen LogP contribution in [0.15, 0.2) is 53.8 Å². The lowest BCUT2D eigenvalue weighted by atomic mass is 10.0. The monoisotopic (exact) mass is 454 g/mol. The third kappa shape index (κ3) is 5.60. The number of azide groups is 1. The van der Waals surface area contributed by atoms with Crippen LogP contribution >= 0.6 is 11.6 Å². The van der Waals surface area contributed by atoms with Gasteiger partial charge in [-0.15, -0.1) is 0 Å². The number of phenols is 1. The maximum absolute atomic E-state index is 11.2. The number of carboxylic acids is 1. The second kappa shape index (κ2) is 9.91. The van der Waals surface area contributed by atoms with Gasteiger partial charge in [0.1, 0.15) is 28.7 Å². The van der Waals surface area contributed by atoms with Crippen LogP contribution in [-0.2, 0) is 6.61 Å². The van der Waals surface area contributed by atoms with Crippen LogP contribution in [0.25, 0.3) is 21.6 Å². The van der Waals surface area contributed by atoms with E-state index in [0.717, 1.165) is 0 Å². The van der Waals surface area contributed by atoms with Gasteiger partial charge >= 0.3 is 5.97 Å². The summed E-state index contributed by atoms with van der Waals surface area (Å²) in [6.07, 6.45) is 1.52. The molecular weight excluding hydrogens is 436 g/mol. The summed E-state index contributed by atoms with van der Waals surface area (Å²) in [5, 5.41) is 22.8. The Hall–Kier alpha value is -3.94. The Bertz CT molecular complexity index is 1210. The van der Waals surface area contributed by atoms with Crippen LogP contribution in [-0.4, -0.2) is 27.3 Å². The SMILES string of the molecule is CC(C)Oc1ncc(-c2cc(COc3ccc(O)c(C(=O)O)c3)cc(N=[N+]=[N-])c2)cc1Cl. The fourth-order valence-electron chi connectivity index (χ4n) is 2.87. The van der Waals surface area contributed by atoms with Gasteiger partial charge in [0.25, 0.3) is 0 Å². The van der Waals surface area contributed by atoms with E-state index in [9.17, 15) is 9.90 Å². The summed E-state index contributed by atoms with van der Waals surface area (Å²) < 4.78 is 11.2. The third-order valence-corrected chi connectivity index (χ3v) is 4.50. The molecule has 0 spiro atoms. The number of aromatic nitrogens is 1. The van der Waals surface area contributed by atoms with E-state index in [0.29, 0.717) is 33.3 Å². The number of carboxylic acid groups (broad SMARTS) is 1. The number of ether oxygens (including phenoxy) is 2. The van der Waals surface area contributed by atoms with Crippen LogP contribution in [0.2, 0.25) is 5.02 Å². The van der Waals surface area contributed by atoms with Crippen LogP contribution in [0, 0.1) is 0 Å². The first kappa shape index (κ1) is 22.7. The molecule has 2 N–H and O–H groups in total. The van der Waals surface area contributed by atoms with Gasteiger partial charge in [-0.25, -0.2) is 9.78 Å². The standard InChI is InChI=1S/C22H19ClN4O5/c1-12(2)32-21-19(23)8-15(10-25-21)14-5-13(6-16(7-14)26-27-24)11-31-17-3-4-20(28)18(9-17)22(29)30/h3-10,12,28H,11H2,1-2H3,(H,29,30). The Morgan fingerprint density at radius 1 is 1.22 bits per heavy atom. The van der Waals surface area contributed by atoms with Crippen molar-refractivity contribution in [3.63, 3.8) is 0 Å². The van der Waals surface area contributed by atoms with E-state index in [1.165, 1.54) is 18.2 Å². The molecule has 0 unspecified atom stereocenters. The van der Waals surface area contributed by atoms with Gasteiger partial charge in [-0.3, -0.25) is 0 Å². The molecule has 10 heteroatoms. The number of aromatic carboxylic acids is 1. The van der Waals surface area contributed by atoms with Crippen molar-refractivity contribution < 1.29 is 24.5 Å². The zero-order chi connectivity index (χ0) is 23.3. The van der Waals surface area contributed by atoms with Crippen molar-refractivity contribution in [2.45, 2.75) is 26.6 Å². The third-order valence-electron chi connectivity index (χ3n) is 4.23. The van der Waals surface area contributed by atoms with E-state index in [-0.39, 0.29) is 29.8 Å². The maximum Gasteiger partial charge on any atom is 0.339 e. The van der Waals surface area contributed by atoms with Gasteiger partial charge in [0.15, 0.2) is 0 Å². The Balaban J connectivity index is 1.90. The molecule has 0 aliphatic rings. The average Bonchev–Trinajstić information content (AvgIpc) is 2.74. The molecule has 0 bridgehead atoms. The molecule has 0 fully saturated rings. The van der Waals surface area contributed by atoms with E-state index in [2.05, 4.69) is 15.0 Å². The lowest BCUT2D eigenvalue weighted by molar-refractivity contribution is 0.0693. The molecule has 0 atom stereocenters. The number of hydrogen-bond acceptors (Lipinski definition) is 6. The van der Waals surface area contributed by atoms with Crippen molar-refractivity contribution in [3.05, 3.63) is 75.3 Å². The molecule has 3 aromatic rings. The van der Waals surface area contributed by atoms with Crippen LogP contribution in [0.5, 0.6) is 17.4 Å². The number of nitrogens with zero attached hydrogens (tertiary/aromatic N) is 4. The molecule has 32 heavy (non-hydrogen) atoms. The minimum Gasteiger partial charge on any atom is -0.507 e. The van der Waals surface area contributed by atoms with Crippen molar-refractivity contribution in [2.75, 3.05) is 0 Å². The zero-order valence-electron chi connectivity index (χ0n) is 17.2. The number of pyridine rings is 1. The first-order chi connectivity index (χ1) is 15.3. The largest absolute Gasteiger partial charge is 0.507 e. The molecule has 1 aromatic heterocycles. The summed E-state index contributed by atoms with van der Waals surface area (Å²) in [7, 11) is 0. The smallest absolute Gasteiger partial charge is 0.339 e. The van der Waals surface area contributed by atoms with E-state index in [1.54, 1.807) is 24.4 Å². The quantitative estimate of drug-likeness (QED) is 0.239. The second-order valence-corrected chi connectivity index (χ2v) is 7.44. The number of carbonyl (C=O) groups is 1. The molecule has 3 rings (SSSR count). The van der Waals surface area contributed by atoms with Gasteiger partial charge in [-0.1, -0.05) is 16.7 Å². The van der Waals surface area contributed by atoms with Crippen LogP contribution in [0.3, 0.4) is 0 Å². The Labute approximate surface area is 188 Å². The van der Waals surface area contributed by atoms with Gasteiger partial charge in [0.05, 0.1) is 6.10 Å². The molecule has 0 saturated carbocycles. The van der Waals surface area contributed by atoms with Crippen molar-refractivity contribution in [2.24, 2.45) is 5.11 Å². The molecule has 9 nitrogen and oxygen atoms in total. The molecule has 0 aliphatic carbocycles. The summed E-state index contributed by atoms with van der Waals surface area (Å²) in [5.74, 6) is -1.04. The minimum absolute atomic E-state index is 0.0569. The highest BCUT2D eigenvalue weighted by Gasteiger charge is 2.12. The van der Waals surface area contributed by atoms with Crippen LogP contribution < -0.4 is 9.47 Å². The molecule has 1 heterocycles. The molecule has 0 saturated heterocycles. The fraction of sp³-hybridized carbons (Fsp3) is 0.182. The van der Waals surface area contributed by atoms with Crippen molar-refractivity contribution >= 4 is 23.3 Å². The normalized spacial score (nSPS) is 10.5.